The second-order valence-electron chi connectivity index (χ2n) is 7.91. The highest BCUT2D eigenvalue weighted by atomic mass is 19.1. The molecule has 0 saturated carbocycles. The van der Waals surface area contributed by atoms with Crippen LogP contribution in [0.4, 0.5) is 9.18 Å². The first kappa shape index (κ1) is 18.7. The van der Waals surface area contributed by atoms with Crippen molar-refractivity contribution >= 4 is 17.0 Å². The summed E-state index contributed by atoms with van der Waals surface area (Å²) in [5.41, 5.74) is 1.32. The van der Waals surface area contributed by atoms with Crippen molar-refractivity contribution in [2.24, 2.45) is 0 Å². The van der Waals surface area contributed by atoms with Crippen LogP contribution >= 0.6 is 0 Å². The Morgan fingerprint density at radius 1 is 1.38 bits per heavy atom. The zero-order valence-corrected chi connectivity index (χ0v) is 15.7. The zero-order chi connectivity index (χ0) is 18.9. The van der Waals surface area contributed by atoms with Crippen LogP contribution in [-0.4, -0.2) is 45.5 Å². The number of aliphatic hydroxyl groups is 1. The fourth-order valence-electron chi connectivity index (χ4n) is 3.66. The Hall–Kier alpha value is -2.08. The maximum Gasteiger partial charge on any atom is 0.410 e. The molecule has 3 rings (SSSR count). The highest BCUT2D eigenvalue weighted by molar-refractivity contribution is 5.84. The molecule has 2 aromatic rings. The van der Waals surface area contributed by atoms with Crippen molar-refractivity contribution in [2.75, 3.05) is 13.2 Å². The number of likely N-dealkylation sites (tertiary alicyclic amines) is 1. The van der Waals surface area contributed by atoms with Crippen LogP contribution in [0.5, 0.6) is 0 Å². The van der Waals surface area contributed by atoms with Gasteiger partial charge in [-0.05, 0) is 63.8 Å². The normalized spacial score (nSPS) is 17.9. The quantitative estimate of drug-likeness (QED) is 0.902. The van der Waals surface area contributed by atoms with Crippen LogP contribution < -0.4 is 0 Å². The monoisotopic (exact) mass is 362 g/mol. The summed E-state index contributed by atoms with van der Waals surface area (Å²) in [7, 11) is 0. The minimum atomic E-state index is -0.515. The molecule has 2 heterocycles. The number of benzene rings is 1. The Morgan fingerprint density at radius 3 is 2.85 bits per heavy atom. The molecule has 0 spiro atoms. The lowest BCUT2D eigenvalue weighted by molar-refractivity contribution is 0.0227. The fourth-order valence-corrected chi connectivity index (χ4v) is 3.66. The van der Waals surface area contributed by atoms with Gasteiger partial charge in [-0.25, -0.2) is 9.18 Å². The molecule has 0 bridgehead atoms. The van der Waals surface area contributed by atoms with Gasteiger partial charge in [-0.1, -0.05) is 0 Å². The molecule has 0 aliphatic carbocycles. The molecule has 1 atom stereocenters. The maximum atomic E-state index is 13.7. The Morgan fingerprint density at radius 2 is 2.15 bits per heavy atom. The van der Waals surface area contributed by atoms with Gasteiger partial charge in [0.2, 0.25) is 0 Å². The van der Waals surface area contributed by atoms with Crippen LogP contribution in [0.25, 0.3) is 10.9 Å². The number of aliphatic hydroxyl groups excluding tert-OH is 1. The number of aromatic nitrogens is 1. The fraction of sp³-hybridized carbons (Fsp3) is 0.550. The number of nitrogens with zero attached hydrogens (tertiary/aromatic N) is 2. The lowest BCUT2D eigenvalue weighted by atomic mass is 10.0. The van der Waals surface area contributed by atoms with Gasteiger partial charge in [0.1, 0.15) is 11.4 Å². The number of carbonyl (C=O) groups is 1. The van der Waals surface area contributed by atoms with Crippen molar-refractivity contribution in [3.05, 3.63) is 35.8 Å². The molecule has 142 valence electrons. The number of halogens is 1. The smallest absolute Gasteiger partial charge is 0.410 e. The standard InChI is InChI=1S/C20H27FN2O3/c1-20(2,3)26-19(25)23-8-4-5-16(23)11-14-13-22(9-10-24)18-12-15(21)6-7-17(14)18/h6-7,12-13,16,24H,4-5,8-11H2,1-3H3/t16-/m0/s1. The summed E-state index contributed by atoms with van der Waals surface area (Å²) < 4.78 is 21.1. The second-order valence-corrected chi connectivity index (χ2v) is 7.91. The van der Waals surface area contributed by atoms with Crippen molar-refractivity contribution in [1.29, 1.82) is 0 Å². The number of amides is 1. The number of hydrogen-bond acceptors (Lipinski definition) is 3. The summed E-state index contributed by atoms with van der Waals surface area (Å²) >= 11 is 0. The molecule has 1 fully saturated rings. The molecular weight excluding hydrogens is 335 g/mol. The second kappa shape index (κ2) is 7.27. The molecule has 1 N–H and O–H groups in total. The van der Waals surface area contributed by atoms with Crippen LogP contribution in [-0.2, 0) is 17.7 Å². The van der Waals surface area contributed by atoms with E-state index in [0.29, 0.717) is 19.5 Å². The molecule has 1 aliphatic heterocycles. The van der Waals surface area contributed by atoms with Gasteiger partial charge >= 0.3 is 6.09 Å². The molecule has 6 heteroatoms. The number of fused-ring (bicyclic) bond motifs is 1. The molecule has 0 unspecified atom stereocenters. The van der Waals surface area contributed by atoms with Gasteiger partial charge in [0.05, 0.1) is 12.1 Å². The predicted molar refractivity (Wildman–Crippen MR) is 98.6 cm³/mol. The average Bonchev–Trinajstić information content (AvgIpc) is 3.12. The first-order chi connectivity index (χ1) is 12.3. The van der Waals surface area contributed by atoms with Gasteiger partial charge in [0.25, 0.3) is 0 Å². The molecule has 26 heavy (non-hydrogen) atoms. The molecule has 1 aromatic heterocycles. The molecule has 5 nitrogen and oxygen atoms in total. The van der Waals surface area contributed by atoms with Gasteiger partial charge in [-0.15, -0.1) is 0 Å². The lowest BCUT2D eigenvalue weighted by Gasteiger charge is -2.28. The Kier molecular flexibility index (Phi) is 5.23. The maximum absolute atomic E-state index is 13.7. The predicted octanol–water partition coefficient (Wildman–Crippen LogP) is 3.71. The van der Waals surface area contributed by atoms with Crippen molar-refractivity contribution in [3.63, 3.8) is 0 Å². The van der Waals surface area contributed by atoms with Gasteiger partial charge in [0.15, 0.2) is 0 Å². The summed E-state index contributed by atoms with van der Waals surface area (Å²) in [5.74, 6) is -0.294. The van der Waals surface area contributed by atoms with Gasteiger partial charge in [-0.3, -0.25) is 0 Å². The number of rotatable bonds is 4. The highest BCUT2D eigenvalue weighted by Gasteiger charge is 2.32. The van der Waals surface area contributed by atoms with Gasteiger partial charge < -0.3 is 19.3 Å². The van der Waals surface area contributed by atoms with E-state index in [9.17, 15) is 14.3 Å². The van der Waals surface area contributed by atoms with E-state index in [0.717, 1.165) is 29.3 Å². The minimum Gasteiger partial charge on any atom is -0.444 e. The minimum absolute atomic E-state index is 0.00675. The lowest BCUT2D eigenvalue weighted by Crippen LogP contribution is -2.40. The third kappa shape index (κ3) is 4.01. The van der Waals surface area contributed by atoms with Crippen LogP contribution in [0.15, 0.2) is 24.4 Å². The van der Waals surface area contributed by atoms with Crippen molar-refractivity contribution < 1.29 is 19.0 Å². The third-order valence-electron chi connectivity index (χ3n) is 4.73. The van der Waals surface area contributed by atoms with E-state index in [1.54, 1.807) is 6.07 Å². The number of ether oxygens (including phenoxy) is 1. The van der Waals surface area contributed by atoms with Crippen LogP contribution in [0.3, 0.4) is 0 Å². The Balaban J connectivity index is 1.85. The number of hydrogen-bond donors (Lipinski definition) is 1. The topological polar surface area (TPSA) is 54.7 Å². The van der Waals surface area contributed by atoms with Crippen molar-refractivity contribution in [1.82, 2.24) is 9.47 Å². The summed E-state index contributed by atoms with van der Waals surface area (Å²) in [6.07, 6.45) is 4.26. The van der Waals surface area contributed by atoms with E-state index in [4.69, 9.17) is 4.74 Å². The zero-order valence-electron chi connectivity index (χ0n) is 15.7. The van der Waals surface area contributed by atoms with Gasteiger partial charge in [-0.2, -0.15) is 0 Å². The van der Waals surface area contributed by atoms with Crippen molar-refractivity contribution in [3.8, 4) is 0 Å². The largest absolute Gasteiger partial charge is 0.444 e. The third-order valence-corrected chi connectivity index (χ3v) is 4.73. The van der Waals surface area contributed by atoms with Crippen LogP contribution in [0, 0.1) is 5.82 Å². The highest BCUT2D eigenvalue weighted by Crippen LogP contribution is 2.29. The number of carbonyl (C=O) groups excluding carboxylic acids is 1. The van der Waals surface area contributed by atoms with Crippen LogP contribution in [0.1, 0.15) is 39.2 Å². The summed E-state index contributed by atoms with van der Waals surface area (Å²) in [6.45, 7) is 6.71. The molecule has 1 amide bonds. The first-order valence-electron chi connectivity index (χ1n) is 9.16. The first-order valence-corrected chi connectivity index (χ1v) is 9.16. The Labute approximate surface area is 153 Å². The van der Waals surface area contributed by atoms with E-state index < -0.39 is 5.60 Å². The SMILES string of the molecule is CC(C)(C)OC(=O)N1CCC[C@H]1Cc1cn(CCO)c2cc(F)ccc12. The molecule has 0 radical (unpaired) electrons. The molecule has 1 aliphatic rings. The van der Waals surface area contributed by atoms with Crippen molar-refractivity contribution in [2.45, 2.75) is 58.2 Å². The van der Waals surface area contributed by atoms with E-state index in [1.807, 2.05) is 36.4 Å². The van der Waals surface area contributed by atoms with E-state index in [-0.39, 0.29) is 24.6 Å². The van der Waals surface area contributed by atoms with E-state index in [1.165, 1.54) is 12.1 Å². The van der Waals surface area contributed by atoms with E-state index >= 15 is 0 Å². The molecule has 1 aromatic carbocycles. The summed E-state index contributed by atoms with van der Waals surface area (Å²) in [4.78, 5) is 14.3. The van der Waals surface area contributed by atoms with Crippen LogP contribution in [0.2, 0.25) is 0 Å². The molecular formula is C20H27FN2O3. The van der Waals surface area contributed by atoms with E-state index in [2.05, 4.69) is 0 Å². The molecule has 1 saturated heterocycles. The van der Waals surface area contributed by atoms with Gasteiger partial charge in [0, 0.05) is 30.7 Å². The summed E-state index contributed by atoms with van der Waals surface area (Å²) in [6, 6.07) is 4.80. The Bertz CT molecular complexity index is 794. The summed E-state index contributed by atoms with van der Waals surface area (Å²) in [5, 5.41) is 10.2. The average molecular weight is 362 g/mol.